The van der Waals surface area contributed by atoms with Crippen LogP contribution in [0.3, 0.4) is 0 Å². The van der Waals surface area contributed by atoms with Crippen molar-refractivity contribution in [3.8, 4) is 0 Å². The molecule has 3 fully saturated rings. The normalized spacial score (nSPS) is 34.6. The minimum Gasteiger partial charge on any atom is -0.389 e. The highest BCUT2D eigenvalue weighted by Crippen LogP contribution is 2.23. The van der Waals surface area contributed by atoms with E-state index in [9.17, 15) is 9.90 Å². The molecule has 3 heterocycles. The molecule has 1 amide bonds. The molecule has 3 rings (SSSR count). The first-order valence-electron chi connectivity index (χ1n) is 9.84. The zero-order valence-electron chi connectivity index (χ0n) is 15.1. The second-order valence-corrected chi connectivity index (χ2v) is 7.54. The van der Waals surface area contributed by atoms with Gasteiger partial charge in [0.05, 0.1) is 37.9 Å². The van der Waals surface area contributed by atoms with E-state index in [0.717, 1.165) is 39.0 Å². The van der Waals surface area contributed by atoms with Crippen molar-refractivity contribution < 1.29 is 19.4 Å². The van der Waals surface area contributed by atoms with E-state index in [4.69, 9.17) is 9.47 Å². The molecule has 4 atom stereocenters. The minimum atomic E-state index is -0.454. The van der Waals surface area contributed by atoms with Gasteiger partial charge in [-0.15, -0.1) is 0 Å². The third-order valence-corrected chi connectivity index (χ3v) is 5.44. The molecule has 0 radical (unpaired) electrons. The lowest BCUT2D eigenvalue weighted by molar-refractivity contribution is -0.137. The number of fused-ring (bicyclic) bond motifs is 1. The zero-order chi connectivity index (χ0) is 17.5. The molecule has 0 spiro atoms. The molecule has 3 aliphatic rings. The highest BCUT2D eigenvalue weighted by atomic mass is 16.5. The predicted molar refractivity (Wildman–Crippen MR) is 94.4 cm³/mol. The summed E-state index contributed by atoms with van der Waals surface area (Å²) < 4.78 is 11.6. The lowest BCUT2D eigenvalue weighted by Crippen LogP contribution is -2.54. The number of hydrogen-bond acceptors (Lipinski definition) is 6. The summed E-state index contributed by atoms with van der Waals surface area (Å²) in [5.41, 5.74) is 0. The largest absolute Gasteiger partial charge is 0.389 e. The van der Waals surface area contributed by atoms with Crippen LogP contribution in [0, 0.1) is 0 Å². The Balaban J connectivity index is 1.34. The van der Waals surface area contributed by atoms with Crippen molar-refractivity contribution in [3.63, 3.8) is 0 Å². The molecule has 0 unspecified atom stereocenters. The van der Waals surface area contributed by atoms with Crippen LogP contribution >= 0.6 is 0 Å². The van der Waals surface area contributed by atoms with Gasteiger partial charge in [0.25, 0.3) is 0 Å². The van der Waals surface area contributed by atoms with Crippen LogP contribution in [0.15, 0.2) is 0 Å². The van der Waals surface area contributed by atoms with Crippen LogP contribution in [0.5, 0.6) is 0 Å². The summed E-state index contributed by atoms with van der Waals surface area (Å²) in [5.74, 6) is 0.0793. The second-order valence-electron chi connectivity index (χ2n) is 7.54. The molecule has 3 N–H and O–H groups in total. The number of carbonyl (C=O) groups is 1. The van der Waals surface area contributed by atoms with Gasteiger partial charge in [-0.3, -0.25) is 4.79 Å². The molecule has 0 aromatic rings. The van der Waals surface area contributed by atoms with Crippen molar-refractivity contribution in [1.29, 1.82) is 0 Å². The van der Waals surface area contributed by atoms with Crippen molar-refractivity contribution in [2.24, 2.45) is 0 Å². The highest BCUT2D eigenvalue weighted by Gasteiger charge is 2.33. The number of nitrogens with zero attached hydrogens (tertiary/aromatic N) is 1. The first kappa shape index (κ1) is 19.0. The molecule has 3 aliphatic heterocycles. The Labute approximate surface area is 150 Å². The fourth-order valence-electron chi connectivity index (χ4n) is 3.98. The number of β-amino-alcohol motifs (C(OH)–C–C–N with tert-alkyl or cyclic N) is 1. The summed E-state index contributed by atoms with van der Waals surface area (Å²) >= 11 is 0. The molecule has 0 saturated carbocycles. The monoisotopic (exact) mass is 355 g/mol. The van der Waals surface area contributed by atoms with E-state index in [-0.39, 0.29) is 24.2 Å². The van der Waals surface area contributed by atoms with Gasteiger partial charge in [-0.25, -0.2) is 0 Å². The van der Waals surface area contributed by atoms with Crippen LogP contribution in [0.1, 0.15) is 38.5 Å². The summed E-state index contributed by atoms with van der Waals surface area (Å²) in [4.78, 5) is 14.6. The van der Waals surface area contributed by atoms with Crippen molar-refractivity contribution in [2.75, 3.05) is 45.9 Å². The van der Waals surface area contributed by atoms with E-state index >= 15 is 0 Å². The lowest BCUT2D eigenvalue weighted by atomic mass is 9.96. The van der Waals surface area contributed by atoms with Crippen molar-refractivity contribution in [3.05, 3.63) is 0 Å². The smallest absolute Gasteiger partial charge is 0.222 e. The van der Waals surface area contributed by atoms with E-state index in [2.05, 4.69) is 15.5 Å². The Morgan fingerprint density at radius 3 is 2.88 bits per heavy atom. The number of ether oxygens (including phenoxy) is 2. The van der Waals surface area contributed by atoms with E-state index in [1.807, 2.05) is 0 Å². The van der Waals surface area contributed by atoms with Gasteiger partial charge >= 0.3 is 0 Å². The van der Waals surface area contributed by atoms with Crippen LogP contribution in [-0.2, 0) is 14.3 Å². The van der Waals surface area contributed by atoms with Gasteiger partial charge in [0.2, 0.25) is 5.91 Å². The fourth-order valence-corrected chi connectivity index (χ4v) is 3.98. The van der Waals surface area contributed by atoms with Gasteiger partial charge in [-0.2, -0.15) is 0 Å². The highest BCUT2D eigenvalue weighted by molar-refractivity contribution is 5.76. The standard InChI is InChI=1S/C18H33N3O4/c22-14-11-20-16-5-4-15(25-17(16)13-24-12-14)10-18(23)19-6-9-21-7-2-1-3-8-21/h14-17,20,22H,1-13H2,(H,19,23)/t14-,15+,16-,17+/m1/s1. The number of carbonyl (C=O) groups excluding carboxylic acids is 1. The molecule has 7 nitrogen and oxygen atoms in total. The minimum absolute atomic E-state index is 0.0348. The average Bonchev–Trinajstić information content (AvgIpc) is 2.60. The number of aliphatic hydroxyl groups excluding tert-OH is 1. The van der Waals surface area contributed by atoms with Crippen molar-refractivity contribution in [1.82, 2.24) is 15.5 Å². The predicted octanol–water partition coefficient (Wildman–Crippen LogP) is -0.124. The van der Waals surface area contributed by atoms with Crippen LogP contribution < -0.4 is 10.6 Å². The third-order valence-electron chi connectivity index (χ3n) is 5.44. The molecule has 25 heavy (non-hydrogen) atoms. The van der Waals surface area contributed by atoms with Gasteiger partial charge < -0.3 is 30.1 Å². The Bertz CT molecular complexity index is 417. The summed E-state index contributed by atoms with van der Waals surface area (Å²) in [7, 11) is 0. The molecular formula is C18H33N3O4. The third kappa shape index (κ3) is 6.18. The molecule has 7 heteroatoms. The number of rotatable bonds is 5. The molecule has 0 bridgehead atoms. The summed E-state index contributed by atoms with van der Waals surface area (Å²) in [6.45, 7) is 5.33. The Morgan fingerprint density at radius 2 is 2.04 bits per heavy atom. The van der Waals surface area contributed by atoms with Gasteiger partial charge in [0.15, 0.2) is 0 Å². The van der Waals surface area contributed by atoms with E-state index in [0.29, 0.717) is 26.2 Å². The summed E-state index contributed by atoms with van der Waals surface area (Å²) in [5, 5.41) is 16.1. The van der Waals surface area contributed by atoms with Crippen LogP contribution in [-0.4, -0.2) is 86.2 Å². The molecular weight excluding hydrogens is 322 g/mol. The number of piperidine rings is 1. The van der Waals surface area contributed by atoms with E-state index < -0.39 is 6.10 Å². The maximum Gasteiger partial charge on any atom is 0.222 e. The Hall–Kier alpha value is -0.730. The maximum atomic E-state index is 12.2. The topological polar surface area (TPSA) is 83.1 Å². The van der Waals surface area contributed by atoms with Crippen LogP contribution in [0.4, 0.5) is 0 Å². The van der Waals surface area contributed by atoms with Gasteiger partial charge in [0.1, 0.15) is 0 Å². The van der Waals surface area contributed by atoms with Crippen LogP contribution in [0.25, 0.3) is 0 Å². The summed E-state index contributed by atoms with van der Waals surface area (Å²) in [6, 6.07) is 0.202. The first-order valence-corrected chi connectivity index (χ1v) is 9.84. The summed E-state index contributed by atoms with van der Waals surface area (Å²) in [6.07, 6.45) is 5.60. The Kier molecular flexibility index (Phi) is 7.49. The number of nitrogens with one attached hydrogen (secondary N) is 2. The number of hydrogen-bond donors (Lipinski definition) is 3. The van der Waals surface area contributed by atoms with Gasteiger partial charge in [0, 0.05) is 25.7 Å². The van der Waals surface area contributed by atoms with Crippen molar-refractivity contribution in [2.45, 2.75) is 62.9 Å². The molecule has 144 valence electrons. The molecule has 3 saturated heterocycles. The number of aliphatic hydroxyl groups is 1. The van der Waals surface area contributed by atoms with Gasteiger partial charge in [-0.1, -0.05) is 6.42 Å². The first-order chi connectivity index (χ1) is 12.2. The van der Waals surface area contributed by atoms with Crippen molar-refractivity contribution >= 4 is 5.91 Å². The number of amides is 1. The zero-order valence-corrected chi connectivity index (χ0v) is 15.1. The average molecular weight is 355 g/mol. The van der Waals surface area contributed by atoms with E-state index in [1.54, 1.807) is 0 Å². The van der Waals surface area contributed by atoms with Gasteiger partial charge in [-0.05, 0) is 38.8 Å². The maximum absolute atomic E-state index is 12.2. The van der Waals surface area contributed by atoms with Crippen LogP contribution in [0.2, 0.25) is 0 Å². The Morgan fingerprint density at radius 1 is 1.20 bits per heavy atom. The second kappa shape index (κ2) is 9.83. The quantitative estimate of drug-likeness (QED) is 0.638. The fraction of sp³-hybridized carbons (Fsp3) is 0.944. The van der Waals surface area contributed by atoms with E-state index in [1.165, 1.54) is 19.3 Å². The number of likely N-dealkylation sites (tertiary alicyclic amines) is 1. The molecule has 0 aromatic carbocycles. The SMILES string of the molecule is O=C(C[C@@H]1CC[C@H]2NC[C@@H](O)COC[C@@H]2O1)NCCN1CCCCC1. The lowest BCUT2D eigenvalue weighted by Gasteiger charge is -2.38. The molecule has 0 aliphatic carbocycles. The molecule has 0 aromatic heterocycles.